The summed E-state index contributed by atoms with van der Waals surface area (Å²) in [6.07, 6.45) is 4.24. The van der Waals surface area contributed by atoms with E-state index in [9.17, 15) is 0 Å². The number of hydrazone groups is 1. The molecular formula is C18H20ClN7S. The average Bonchev–Trinajstić information content (AvgIpc) is 2.72. The zero-order valence-electron chi connectivity index (χ0n) is 14.7. The topological polar surface area (TPSA) is 68.7 Å². The van der Waals surface area contributed by atoms with Gasteiger partial charge in [-0.15, -0.1) is 0 Å². The summed E-state index contributed by atoms with van der Waals surface area (Å²) in [6.45, 7) is 4.22. The van der Waals surface area contributed by atoms with Crippen LogP contribution in [0.5, 0.6) is 0 Å². The van der Waals surface area contributed by atoms with Gasteiger partial charge in [0.25, 0.3) is 0 Å². The Morgan fingerprint density at radius 1 is 1.22 bits per heavy atom. The molecule has 2 aromatic heterocycles. The van der Waals surface area contributed by atoms with Gasteiger partial charge in [-0.05, 0) is 30.4 Å². The SMILES string of the molecule is S=C(N/N=C1/CCNc2cc(Cl)cnc21)N1CCN(c2ccccn2)CC1. The fraction of sp³-hybridized carbons (Fsp3) is 0.333. The van der Waals surface area contributed by atoms with Gasteiger partial charge in [0.15, 0.2) is 5.11 Å². The highest BCUT2D eigenvalue weighted by Crippen LogP contribution is 2.23. The number of nitrogens with one attached hydrogen (secondary N) is 2. The van der Waals surface area contributed by atoms with Gasteiger partial charge in [-0.25, -0.2) is 4.98 Å². The van der Waals surface area contributed by atoms with Crippen LogP contribution in [-0.4, -0.2) is 58.4 Å². The molecule has 2 aliphatic heterocycles. The molecule has 0 bridgehead atoms. The second-order valence-electron chi connectivity index (χ2n) is 6.36. The lowest BCUT2D eigenvalue weighted by Crippen LogP contribution is -2.51. The molecule has 4 heterocycles. The van der Waals surface area contributed by atoms with Crippen LogP contribution in [0.4, 0.5) is 11.5 Å². The normalized spacial score (nSPS) is 18.0. The lowest BCUT2D eigenvalue weighted by molar-refractivity contribution is 0.380. The van der Waals surface area contributed by atoms with Gasteiger partial charge >= 0.3 is 0 Å². The summed E-state index contributed by atoms with van der Waals surface area (Å²) in [7, 11) is 0. The summed E-state index contributed by atoms with van der Waals surface area (Å²) >= 11 is 11.5. The van der Waals surface area contributed by atoms with Crippen molar-refractivity contribution in [3.05, 3.63) is 47.4 Å². The first-order valence-corrected chi connectivity index (χ1v) is 9.66. The fourth-order valence-electron chi connectivity index (χ4n) is 3.21. The molecule has 0 radical (unpaired) electrons. The van der Waals surface area contributed by atoms with Crippen LogP contribution < -0.4 is 15.6 Å². The van der Waals surface area contributed by atoms with Gasteiger partial charge in [-0.2, -0.15) is 5.10 Å². The molecule has 27 heavy (non-hydrogen) atoms. The average molecular weight is 402 g/mol. The number of halogens is 1. The Morgan fingerprint density at radius 2 is 2.07 bits per heavy atom. The summed E-state index contributed by atoms with van der Waals surface area (Å²) < 4.78 is 0. The first-order chi connectivity index (χ1) is 13.2. The number of piperazine rings is 1. The Hall–Kier alpha value is -2.45. The second-order valence-corrected chi connectivity index (χ2v) is 7.19. The monoisotopic (exact) mass is 401 g/mol. The number of nitrogens with zero attached hydrogens (tertiary/aromatic N) is 5. The maximum absolute atomic E-state index is 6.02. The highest BCUT2D eigenvalue weighted by Gasteiger charge is 2.21. The van der Waals surface area contributed by atoms with E-state index in [1.54, 1.807) is 6.20 Å². The first kappa shape index (κ1) is 17.9. The van der Waals surface area contributed by atoms with Crippen LogP contribution >= 0.6 is 23.8 Å². The molecule has 0 atom stereocenters. The number of aromatic nitrogens is 2. The van der Waals surface area contributed by atoms with Gasteiger partial charge in [-0.1, -0.05) is 17.7 Å². The Balaban J connectivity index is 1.36. The van der Waals surface area contributed by atoms with Crippen LogP contribution in [0.3, 0.4) is 0 Å². The maximum atomic E-state index is 6.02. The Bertz CT molecular complexity index is 850. The highest BCUT2D eigenvalue weighted by atomic mass is 35.5. The molecule has 0 aromatic carbocycles. The maximum Gasteiger partial charge on any atom is 0.189 e. The molecule has 2 aliphatic rings. The lowest BCUT2D eigenvalue weighted by Gasteiger charge is -2.36. The zero-order valence-corrected chi connectivity index (χ0v) is 16.3. The third-order valence-corrected chi connectivity index (χ3v) is 5.19. The van der Waals surface area contributed by atoms with E-state index >= 15 is 0 Å². The van der Waals surface area contributed by atoms with E-state index in [1.807, 2.05) is 30.5 Å². The summed E-state index contributed by atoms with van der Waals surface area (Å²) in [4.78, 5) is 13.2. The van der Waals surface area contributed by atoms with Crippen LogP contribution in [-0.2, 0) is 0 Å². The van der Waals surface area contributed by atoms with Crippen molar-refractivity contribution in [3.63, 3.8) is 0 Å². The minimum absolute atomic E-state index is 0.608. The number of rotatable bonds is 2. The van der Waals surface area contributed by atoms with Crippen molar-refractivity contribution in [2.75, 3.05) is 42.9 Å². The summed E-state index contributed by atoms with van der Waals surface area (Å²) in [6, 6.07) is 7.84. The van der Waals surface area contributed by atoms with Gasteiger partial charge in [0.2, 0.25) is 0 Å². The van der Waals surface area contributed by atoms with Crippen LogP contribution in [0.15, 0.2) is 41.8 Å². The molecule has 2 aromatic rings. The lowest BCUT2D eigenvalue weighted by atomic mass is 10.1. The highest BCUT2D eigenvalue weighted by molar-refractivity contribution is 7.80. The van der Waals surface area contributed by atoms with Gasteiger partial charge in [0, 0.05) is 51.5 Å². The number of hydrogen-bond donors (Lipinski definition) is 2. The van der Waals surface area contributed by atoms with Crippen molar-refractivity contribution < 1.29 is 0 Å². The zero-order chi connectivity index (χ0) is 18.6. The van der Waals surface area contributed by atoms with E-state index in [2.05, 4.69) is 35.6 Å². The number of pyridine rings is 2. The number of thiocarbonyl (C=S) groups is 1. The summed E-state index contributed by atoms with van der Waals surface area (Å²) in [5.41, 5.74) is 5.65. The van der Waals surface area contributed by atoms with Crippen molar-refractivity contribution in [3.8, 4) is 0 Å². The van der Waals surface area contributed by atoms with E-state index in [-0.39, 0.29) is 0 Å². The summed E-state index contributed by atoms with van der Waals surface area (Å²) in [5.74, 6) is 1.01. The van der Waals surface area contributed by atoms with Gasteiger partial charge < -0.3 is 15.1 Å². The molecule has 0 spiro atoms. The molecule has 2 N–H and O–H groups in total. The minimum Gasteiger partial charge on any atom is -0.383 e. The third-order valence-electron chi connectivity index (χ3n) is 4.63. The van der Waals surface area contributed by atoms with Crippen molar-refractivity contribution in [2.45, 2.75) is 6.42 Å². The van der Waals surface area contributed by atoms with Crippen molar-refractivity contribution in [1.29, 1.82) is 0 Å². The van der Waals surface area contributed by atoms with Gasteiger partial charge in [0.1, 0.15) is 11.5 Å². The van der Waals surface area contributed by atoms with E-state index in [0.717, 1.165) is 62.1 Å². The van der Waals surface area contributed by atoms with E-state index in [0.29, 0.717) is 10.1 Å². The molecule has 0 aliphatic carbocycles. The van der Waals surface area contributed by atoms with Crippen LogP contribution in [0, 0.1) is 0 Å². The molecule has 1 fully saturated rings. The van der Waals surface area contributed by atoms with E-state index in [4.69, 9.17) is 23.8 Å². The number of fused-ring (bicyclic) bond motifs is 1. The molecular weight excluding hydrogens is 382 g/mol. The summed E-state index contributed by atoms with van der Waals surface area (Å²) in [5, 5.41) is 9.06. The van der Waals surface area contributed by atoms with Gasteiger partial charge in [-0.3, -0.25) is 10.4 Å². The van der Waals surface area contributed by atoms with Crippen LogP contribution in [0.1, 0.15) is 12.1 Å². The number of anilines is 2. The molecule has 4 rings (SSSR count). The Kier molecular flexibility index (Phi) is 5.35. The van der Waals surface area contributed by atoms with Crippen molar-refractivity contribution in [2.24, 2.45) is 5.10 Å². The molecule has 0 unspecified atom stereocenters. The quantitative estimate of drug-likeness (QED) is 0.591. The van der Waals surface area contributed by atoms with E-state index in [1.165, 1.54) is 0 Å². The fourth-order valence-corrected chi connectivity index (χ4v) is 3.60. The largest absolute Gasteiger partial charge is 0.383 e. The van der Waals surface area contributed by atoms with Crippen molar-refractivity contribution >= 4 is 46.1 Å². The molecule has 0 amide bonds. The van der Waals surface area contributed by atoms with Crippen LogP contribution in [0.25, 0.3) is 0 Å². The Labute approximate surface area is 168 Å². The van der Waals surface area contributed by atoms with E-state index < -0.39 is 0 Å². The predicted molar refractivity (Wildman–Crippen MR) is 113 cm³/mol. The third kappa shape index (κ3) is 4.12. The molecule has 0 saturated carbocycles. The van der Waals surface area contributed by atoms with Crippen molar-refractivity contribution in [1.82, 2.24) is 20.3 Å². The smallest absolute Gasteiger partial charge is 0.189 e. The first-order valence-electron chi connectivity index (χ1n) is 8.88. The standard InChI is InChI=1S/C18H20ClN7S/c19-13-11-15-17(22-12-13)14(4-6-20-15)23-24-18(27)26-9-7-25(8-10-26)16-3-1-2-5-21-16/h1-3,5,11-12,20H,4,6-10H2,(H,24,27)/b23-14-. The minimum atomic E-state index is 0.608. The Morgan fingerprint density at radius 3 is 2.85 bits per heavy atom. The van der Waals surface area contributed by atoms with Crippen LogP contribution in [0.2, 0.25) is 5.02 Å². The second kappa shape index (κ2) is 8.06. The molecule has 7 nitrogen and oxygen atoms in total. The molecule has 140 valence electrons. The van der Waals surface area contributed by atoms with Gasteiger partial charge in [0.05, 0.1) is 16.4 Å². The predicted octanol–water partition coefficient (Wildman–Crippen LogP) is 2.35. The number of hydrogen-bond acceptors (Lipinski definition) is 6. The molecule has 9 heteroatoms. The molecule has 1 saturated heterocycles.